The minimum atomic E-state index is 0.982. The lowest BCUT2D eigenvalue weighted by Gasteiger charge is -2.14. The number of allylic oxidation sites excluding steroid dienone is 3. The van der Waals surface area contributed by atoms with Gasteiger partial charge in [-0.25, -0.2) is 0 Å². The minimum absolute atomic E-state index is 0.982. The van der Waals surface area contributed by atoms with Gasteiger partial charge >= 0.3 is 0 Å². The molecule has 8 aromatic rings. The predicted molar refractivity (Wildman–Crippen MR) is 224 cm³/mol. The molecular formula is C49H46N2. The molecule has 6 aromatic carbocycles. The van der Waals surface area contributed by atoms with Gasteiger partial charge < -0.3 is 9.13 Å². The van der Waals surface area contributed by atoms with Crippen molar-refractivity contribution in [1.82, 2.24) is 9.13 Å². The largest absolute Gasteiger partial charge is 0.310 e. The van der Waals surface area contributed by atoms with Crippen LogP contribution in [-0.2, 0) is 6.42 Å². The normalized spacial score (nSPS) is 10.9. The van der Waals surface area contributed by atoms with Gasteiger partial charge in [-0.2, -0.15) is 0 Å². The van der Waals surface area contributed by atoms with Crippen LogP contribution in [0.15, 0.2) is 177 Å². The van der Waals surface area contributed by atoms with E-state index in [0.717, 1.165) is 12.1 Å². The minimum Gasteiger partial charge on any atom is -0.310 e. The Morgan fingerprint density at radius 3 is 1.55 bits per heavy atom. The van der Waals surface area contributed by atoms with Crippen molar-refractivity contribution in [3.63, 3.8) is 0 Å². The monoisotopic (exact) mass is 662 g/mol. The second-order valence-electron chi connectivity index (χ2n) is 12.1. The van der Waals surface area contributed by atoms with Crippen molar-refractivity contribution in [3.05, 3.63) is 188 Å². The Morgan fingerprint density at radius 1 is 0.490 bits per heavy atom. The van der Waals surface area contributed by atoms with Crippen molar-refractivity contribution in [2.24, 2.45) is 0 Å². The molecule has 2 aromatic heterocycles. The molecule has 2 nitrogen and oxygen atoms in total. The predicted octanol–water partition coefficient (Wildman–Crippen LogP) is 14.0. The first-order valence-corrected chi connectivity index (χ1v) is 17.9. The third kappa shape index (κ3) is 6.74. The third-order valence-corrected chi connectivity index (χ3v) is 9.17. The number of hydrogen-bond acceptors (Lipinski definition) is 0. The highest BCUT2D eigenvalue weighted by Crippen LogP contribution is 2.38. The first-order valence-electron chi connectivity index (χ1n) is 17.9. The molecule has 0 spiro atoms. The van der Waals surface area contributed by atoms with E-state index < -0.39 is 0 Å². The molecule has 0 aliphatic heterocycles. The lowest BCUT2D eigenvalue weighted by molar-refractivity contribution is 1.06. The molecule has 0 unspecified atom stereocenters. The summed E-state index contributed by atoms with van der Waals surface area (Å²) in [6.45, 7) is 15.1. The molecule has 2 heteroatoms. The van der Waals surface area contributed by atoms with Crippen LogP contribution in [0.2, 0.25) is 0 Å². The Kier molecular flexibility index (Phi) is 10.9. The van der Waals surface area contributed by atoms with E-state index in [2.05, 4.69) is 194 Å². The Labute approximate surface area is 303 Å². The van der Waals surface area contributed by atoms with Crippen molar-refractivity contribution in [2.75, 3.05) is 0 Å². The lowest BCUT2D eigenvalue weighted by Crippen LogP contribution is -1.99. The van der Waals surface area contributed by atoms with Gasteiger partial charge in [-0.1, -0.05) is 149 Å². The zero-order chi connectivity index (χ0) is 35.7. The fourth-order valence-corrected chi connectivity index (χ4v) is 7.02. The first-order chi connectivity index (χ1) is 25.2. The molecular weight excluding hydrogens is 617 g/mol. The zero-order valence-corrected chi connectivity index (χ0v) is 30.2. The summed E-state index contributed by atoms with van der Waals surface area (Å²) in [4.78, 5) is 0. The Hall–Kier alpha value is -6.12. The maximum Gasteiger partial charge on any atom is 0.0542 e. The molecule has 0 bridgehead atoms. The standard InChI is InChI=1S/C43H34N2.C4H6.C2H6/c1-3-15-40-36(4-2)37-20-11-13-22-41(37)44(40)34-24-25-43-39(29-34)38-21-12-14-23-42(38)45(43)35-27-32(30-16-7-5-8-17-30)26-33(28-35)31-18-9-6-10-19-31;1-3-4-2;1-2/h3,5-29H,4H2,1-2H3;3-4H,1-2H2;1-2H3/b15-3-;;. The number of nitrogens with zero attached hydrogens (tertiary/aromatic N) is 2. The summed E-state index contributed by atoms with van der Waals surface area (Å²) in [5.41, 5.74) is 13.5. The van der Waals surface area contributed by atoms with E-state index in [1.165, 1.54) is 71.9 Å². The van der Waals surface area contributed by atoms with E-state index in [0.29, 0.717) is 0 Å². The van der Waals surface area contributed by atoms with Gasteiger partial charge in [-0.05, 0) is 95.8 Å². The number of hydrogen-bond donors (Lipinski definition) is 0. The maximum atomic E-state index is 3.36. The molecule has 0 saturated carbocycles. The average molecular weight is 663 g/mol. The van der Waals surface area contributed by atoms with Crippen molar-refractivity contribution in [2.45, 2.75) is 34.1 Å². The van der Waals surface area contributed by atoms with E-state index in [9.17, 15) is 0 Å². The number of rotatable bonds is 7. The van der Waals surface area contributed by atoms with Crippen LogP contribution < -0.4 is 0 Å². The number of aromatic nitrogens is 2. The molecule has 0 amide bonds. The topological polar surface area (TPSA) is 9.86 Å². The van der Waals surface area contributed by atoms with Crippen LogP contribution >= 0.6 is 0 Å². The summed E-state index contributed by atoms with van der Waals surface area (Å²) < 4.78 is 4.87. The van der Waals surface area contributed by atoms with Crippen molar-refractivity contribution in [3.8, 4) is 33.6 Å². The van der Waals surface area contributed by atoms with Gasteiger partial charge in [0.05, 0.1) is 16.6 Å². The van der Waals surface area contributed by atoms with Gasteiger partial charge in [0.15, 0.2) is 0 Å². The van der Waals surface area contributed by atoms with Gasteiger partial charge in [0.1, 0.15) is 0 Å². The number of benzene rings is 6. The second-order valence-corrected chi connectivity index (χ2v) is 12.1. The number of para-hydroxylation sites is 2. The highest BCUT2D eigenvalue weighted by molar-refractivity contribution is 6.10. The zero-order valence-electron chi connectivity index (χ0n) is 30.2. The summed E-state index contributed by atoms with van der Waals surface area (Å²) in [6.07, 6.45) is 8.67. The fraction of sp³-hybridized carbons (Fsp3) is 0.102. The highest BCUT2D eigenvalue weighted by Gasteiger charge is 2.18. The first kappa shape index (κ1) is 34.7. The Morgan fingerprint density at radius 2 is 1.00 bits per heavy atom. The molecule has 0 fully saturated rings. The fourth-order valence-electron chi connectivity index (χ4n) is 7.02. The molecule has 0 aliphatic rings. The SMILES string of the molecule is C/C=C\c1c(CC)c2ccccc2n1-c1ccc2c(c1)c1ccccc1n2-c1cc(-c2ccccc2)cc(-c2ccccc2)c1.C=CC=C.CC. The van der Waals surface area contributed by atoms with E-state index in [1.54, 1.807) is 12.2 Å². The summed E-state index contributed by atoms with van der Waals surface area (Å²) in [5, 5.41) is 3.82. The van der Waals surface area contributed by atoms with Crippen molar-refractivity contribution >= 4 is 38.8 Å². The molecule has 8 rings (SSSR count). The van der Waals surface area contributed by atoms with Crippen molar-refractivity contribution < 1.29 is 0 Å². The van der Waals surface area contributed by atoms with E-state index >= 15 is 0 Å². The molecule has 0 atom stereocenters. The van der Waals surface area contributed by atoms with Crippen molar-refractivity contribution in [1.29, 1.82) is 0 Å². The van der Waals surface area contributed by atoms with Crippen LogP contribution in [0.3, 0.4) is 0 Å². The van der Waals surface area contributed by atoms with Gasteiger partial charge in [0.2, 0.25) is 0 Å². The summed E-state index contributed by atoms with van der Waals surface area (Å²) in [5.74, 6) is 0. The molecule has 2 heterocycles. The smallest absolute Gasteiger partial charge is 0.0542 e. The van der Waals surface area contributed by atoms with Gasteiger partial charge in [0, 0.05) is 33.2 Å². The highest BCUT2D eigenvalue weighted by atomic mass is 15.0. The van der Waals surface area contributed by atoms with Crippen LogP contribution in [0, 0.1) is 0 Å². The summed E-state index contributed by atoms with van der Waals surface area (Å²) >= 11 is 0. The van der Waals surface area contributed by atoms with Crippen LogP contribution in [0.1, 0.15) is 39.0 Å². The maximum absolute atomic E-state index is 3.36. The van der Waals surface area contributed by atoms with Gasteiger partial charge in [-0.3, -0.25) is 0 Å². The molecule has 252 valence electrons. The van der Waals surface area contributed by atoms with Crippen LogP contribution in [0.25, 0.3) is 72.4 Å². The Balaban J connectivity index is 0.000000700. The summed E-state index contributed by atoms with van der Waals surface area (Å²) in [6, 6.07) is 52.9. The van der Waals surface area contributed by atoms with Crippen LogP contribution in [-0.4, -0.2) is 9.13 Å². The molecule has 0 saturated heterocycles. The second kappa shape index (κ2) is 16.1. The molecule has 0 aliphatic carbocycles. The van der Waals surface area contributed by atoms with Crippen LogP contribution in [0.4, 0.5) is 0 Å². The van der Waals surface area contributed by atoms with E-state index in [-0.39, 0.29) is 0 Å². The Bertz CT molecular complexity index is 2390. The van der Waals surface area contributed by atoms with E-state index in [1.807, 2.05) is 13.8 Å². The quantitative estimate of drug-likeness (QED) is 0.150. The average Bonchev–Trinajstić information content (AvgIpc) is 3.71. The molecule has 0 N–H and O–H groups in total. The molecule has 51 heavy (non-hydrogen) atoms. The molecule has 0 radical (unpaired) electrons. The number of aryl methyl sites for hydroxylation is 1. The van der Waals surface area contributed by atoms with Crippen LogP contribution in [0.5, 0.6) is 0 Å². The third-order valence-electron chi connectivity index (χ3n) is 9.17. The lowest BCUT2D eigenvalue weighted by atomic mass is 9.98. The van der Waals surface area contributed by atoms with Gasteiger partial charge in [0.25, 0.3) is 0 Å². The number of fused-ring (bicyclic) bond motifs is 4. The van der Waals surface area contributed by atoms with E-state index in [4.69, 9.17) is 0 Å². The summed E-state index contributed by atoms with van der Waals surface area (Å²) in [7, 11) is 0. The van der Waals surface area contributed by atoms with Gasteiger partial charge in [-0.15, -0.1) is 0 Å².